The van der Waals surface area contributed by atoms with Crippen LogP contribution in [0.5, 0.6) is 5.75 Å². The first-order chi connectivity index (χ1) is 33.1. The number of aliphatic hydroxyl groups excluding tert-OH is 3. The van der Waals surface area contributed by atoms with Crippen molar-refractivity contribution in [1.29, 1.82) is 0 Å². The van der Waals surface area contributed by atoms with E-state index in [-0.39, 0.29) is 68.4 Å². The fraction of sp³-hybridized carbons (Fsp3) is 0.575. The van der Waals surface area contributed by atoms with Gasteiger partial charge in [-0.15, -0.1) is 0 Å². The molecule has 28 nitrogen and oxygen atoms in total. The van der Waals surface area contributed by atoms with E-state index in [9.17, 15) is 73.5 Å². The second-order valence-electron chi connectivity index (χ2n) is 15.8. The topological polar surface area (TPSA) is 476 Å². The number of phenolic OH excluding ortho intramolecular Hbond substituents is 1. The molecule has 1 aromatic rings. The molecular formula is C40H63N13O15S2. The number of rotatable bonds is 30. The number of aliphatic carboxylic acids is 1. The fourth-order valence-corrected chi connectivity index (χ4v) is 7.07. The van der Waals surface area contributed by atoms with Gasteiger partial charge in [-0.1, -0.05) is 12.1 Å². The number of carbonyl (C=O) groups is 10. The Morgan fingerprint density at radius 1 is 0.657 bits per heavy atom. The highest BCUT2D eigenvalue weighted by Gasteiger charge is 2.40. The lowest BCUT2D eigenvalue weighted by Gasteiger charge is -2.31. The van der Waals surface area contributed by atoms with Crippen molar-refractivity contribution < 1.29 is 73.5 Å². The number of carboxylic acids is 1. The Bertz CT molecular complexity index is 2030. The second-order valence-corrected chi connectivity index (χ2v) is 16.5. The van der Waals surface area contributed by atoms with Crippen molar-refractivity contribution in [2.45, 2.75) is 99.3 Å². The van der Waals surface area contributed by atoms with E-state index in [1.54, 1.807) is 0 Å². The molecule has 1 fully saturated rings. The number of nitrogens with one attached hydrogen (secondary N) is 7. The lowest BCUT2D eigenvalue weighted by atomic mass is 10.0. The van der Waals surface area contributed by atoms with Crippen molar-refractivity contribution in [3.63, 3.8) is 0 Å². The maximum Gasteiger partial charge on any atom is 0.327 e. The average molecular weight is 1030 g/mol. The zero-order chi connectivity index (χ0) is 52.7. The van der Waals surface area contributed by atoms with Gasteiger partial charge < -0.3 is 90.6 Å². The van der Waals surface area contributed by atoms with Crippen LogP contribution in [0.4, 0.5) is 0 Å². The molecule has 2 rings (SSSR count). The van der Waals surface area contributed by atoms with Crippen molar-refractivity contribution in [3.05, 3.63) is 29.8 Å². The first-order valence-electron chi connectivity index (χ1n) is 21.7. The summed E-state index contributed by atoms with van der Waals surface area (Å²) < 4.78 is 0. The first kappa shape index (κ1) is 59.7. The summed E-state index contributed by atoms with van der Waals surface area (Å²) >= 11 is 7.79. The zero-order valence-corrected chi connectivity index (χ0v) is 39.6. The number of benzene rings is 1. The van der Waals surface area contributed by atoms with Gasteiger partial charge in [-0.2, -0.15) is 25.3 Å². The summed E-state index contributed by atoms with van der Waals surface area (Å²) in [5, 5.41) is 65.3. The summed E-state index contributed by atoms with van der Waals surface area (Å²) in [5.41, 5.74) is 22.1. The Kier molecular flexibility index (Phi) is 25.7. The monoisotopic (exact) mass is 1030 g/mol. The van der Waals surface area contributed by atoms with Crippen molar-refractivity contribution in [1.82, 2.24) is 42.1 Å². The number of primary amides is 1. The number of phenols is 1. The number of aliphatic hydroxyl groups is 3. The van der Waals surface area contributed by atoms with Crippen molar-refractivity contribution in [3.8, 4) is 5.75 Å². The Hall–Kier alpha value is -6.47. The SMILES string of the molecule is NC(=O)CC[C@H](NC(=O)[C@H](CO)NC(=O)[C@@H](N)CS)C(=O)N[C@@H](Cc1ccc(O)cc1)C(=O)N1CCC[C@H]1C(=O)N[C@@H](CO)C(=O)N[C@@H](CCCN=C(N)N)C(=O)N[C@@H](CO)C(=O)N[C@@H](CS)C(=O)O. The summed E-state index contributed by atoms with van der Waals surface area (Å²) in [6, 6.07) is -8.13. The van der Waals surface area contributed by atoms with Crippen LogP contribution in [0.3, 0.4) is 0 Å². The zero-order valence-electron chi connectivity index (χ0n) is 37.8. The van der Waals surface area contributed by atoms with Gasteiger partial charge in [0, 0.05) is 37.4 Å². The number of hydrogen-bond acceptors (Lipinski definition) is 18. The lowest BCUT2D eigenvalue weighted by molar-refractivity contribution is -0.143. The van der Waals surface area contributed by atoms with Crippen LogP contribution >= 0.6 is 25.3 Å². The van der Waals surface area contributed by atoms with Crippen LogP contribution in [-0.4, -0.2) is 194 Å². The maximum absolute atomic E-state index is 14.4. The lowest BCUT2D eigenvalue weighted by Crippen LogP contribution is -2.61. The molecule has 0 bridgehead atoms. The Morgan fingerprint density at radius 3 is 1.61 bits per heavy atom. The highest BCUT2D eigenvalue weighted by Crippen LogP contribution is 2.21. The highest BCUT2D eigenvalue weighted by atomic mass is 32.1. The maximum atomic E-state index is 14.4. The number of carbonyl (C=O) groups excluding carboxylic acids is 9. The first-order valence-corrected chi connectivity index (χ1v) is 22.9. The molecule has 0 aliphatic carbocycles. The number of hydrogen-bond donors (Lipinski definition) is 18. The highest BCUT2D eigenvalue weighted by molar-refractivity contribution is 7.80. The van der Waals surface area contributed by atoms with Gasteiger partial charge >= 0.3 is 5.97 Å². The molecule has 0 unspecified atom stereocenters. The molecular weight excluding hydrogens is 967 g/mol. The number of guanidine groups is 1. The molecule has 1 aromatic carbocycles. The van der Waals surface area contributed by atoms with Gasteiger partial charge in [0.2, 0.25) is 53.2 Å². The van der Waals surface area contributed by atoms with E-state index in [2.05, 4.69) is 67.5 Å². The molecule has 70 heavy (non-hydrogen) atoms. The minimum absolute atomic E-state index is 0.0239. The van der Waals surface area contributed by atoms with E-state index in [0.29, 0.717) is 5.56 Å². The van der Waals surface area contributed by atoms with E-state index in [1.807, 2.05) is 0 Å². The van der Waals surface area contributed by atoms with Crippen LogP contribution < -0.4 is 60.2 Å². The number of nitrogens with zero attached hydrogens (tertiary/aromatic N) is 2. The van der Waals surface area contributed by atoms with Gasteiger partial charge in [0.1, 0.15) is 54.1 Å². The molecule has 0 saturated carbocycles. The standard InChI is InChI=1S/C40H63N13O15S2/c41-21(17-69)31(59)49-25(14-54)34(62)47-23(9-10-30(42)58)33(61)48-24(13-19-5-7-20(57)8-6-19)38(66)53-12-2-4-29(53)37(65)51-27(16-56)35(63)46-22(3-1-11-45-40(43)44)32(60)50-26(15-55)36(64)52-28(18-70)39(67)68/h5-8,21-29,54-57,69-70H,1-4,9-18,41H2,(H2,42,58)(H,46,63)(H,47,62)(H,48,61)(H,49,59)(H,50,60)(H,51,65)(H,52,64)(H,67,68)(H4,43,44,45)/t21-,22-,23-,24-,25-,26-,27-,28-,29-/m0/s1. The second kappa shape index (κ2) is 30.2. The van der Waals surface area contributed by atoms with E-state index < -0.39 is 146 Å². The Morgan fingerprint density at radius 2 is 1.13 bits per heavy atom. The number of amides is 9. The van der Waals surface area contributed by atoms with Crippen LogP contribution in [0.1, 0.15) is 44.1 Å². The summed E-state index contributed by atoms with van der Waals surface area (Å²) in [7, 11) is 0. The number of likely N-dealkylation sites (tertiary alicyclic amines) is 1. The summed E-state index contributed by atoms with van der Waals surface area (Å²) in [4.78, 5) is 136. The number of nitrogens with two attached hydrogens (primary N) is 4. The molecule has 1 saturated heterocycles. The van der Waals surface area contributed by atoms with Crippen LogP contribution in [0.2, 0.25) is 0 Å². The molecule has 1 heterocycles. The minimum Gasteiger partial charge on any atom is -0.508 e. The van der Waals surface area contributed by atoms with Gasteiger partial charge in [0.25, 0.3) is 0 Å². The quantitative estimate of drug-likeness (QED) is 0.0147. The normalized spacial score (nSPS) is 16.5. The van der Waals surface area contributed by atoms with Gasteiger partial charge in [-0.25, -0.2) is 4.79 Å². The van der Waals surface area contributed by atoms with Crippen LogP contribution in [-0.2, 0) is 54.4 Å². The third-order valence-electron chi connectivity index (χ3n) is 10.5. The molecule has 390 valence electrons. The van der Waals surface area contributed by atoms with Gasteiger partial charge in [-0.05, 0) is 49.8 Å². The average Bonchev–Trinajstić information content (AvgIpc) is 3.82. The van der Waals surface area contributed by atoms with E-state index in [4.69, 9.17) is 22.9 Å². The predicted octanol–water partition coefficient (Wildman–Crippen LogP) is -8.11. The van der Waals surface area contributed by atoms with E-state index >= 15 is 0 Å². The third-order valence-corrected chi connectivity index (χ3v) is 11.3. The van der Waals surface area contributed by atoms with E-state index in [0.717, 1.165) is 4.90 Å². The number of aliphatic imine (C=N–C) groups is 1. The fourth-order valence-electron chi connectivity index (χ4n) is 6.66. The number of carboxylic acid groups (broad SMARTS) is 1. The third kappa shape index (κ3) is 19.5. The van der Waals surface area contributed by atoms with E-state index in [1.165, 1.54) is 24.3 Å². The smallest absolute Gasteiger partial charge is 0.327 e. The number of aromatic hydroxyl groups is 1. The van der Waals surface area contributed by atoms with Gasteiger partial charge in [0.05, 0.1) is 25.9 Å². The summed E-state index contributed by atoms with van der Waals surface area (Å²) in [6.45, 7) is -3.06. The minimum atomic E-state index is -1.76. The predicted molar refractivity (Wildman–Crippen MR) is 253 cm³/mol. The van der Waals surface area contributed by atoms with Gasteiger partial charge in [0.15, 0.2) is 5.96 Å². The molecule has 20 N–H and O–H groups in total. The van der Waals surface area contributed by atoms with Crippen molar-refractivity contribution >= 4 is 90.4 Å². The summed E-state index contributed by atoms with van der Waals surface area (Å²) in [6.07, 6.45) is -1.00. The van der Waals surface area contributed by atoms with Crippen molar-refractivity contribution in [2.75, 3.05) is 44.4 Å². The molecule has 30 heteroatoms. The van der Waals surface area contributed by atoms with Crippen LogP contribution in [0, 0.1) is 0 Å². The largest absolute Gasteiger partial charge is 0.508 e. The van der Waals surface area contributed by atoms with Gasteiger partial charge in [-0.3, -0.25) is 48.1 Å². The van der Waals surface area contributed by atoms with Crippen LogP contribution in [0.15, 0.2) is 29.3 Å². The van der Waals surface area contributed by atoms with Crippen molar-refractivity contribution in [2.24, 2.45) is 27.9 Å². The molecule has 0 aromatic heterocycles. The molecule has 1 aliphatic heterocycles. The summed E-state index contributed by atoms with van der Waals surface area (Å²) in [5.74, 6) is -11.1. The molecule has 9 amide bonds. The molecule has 9 atom stereocenters. The van der Waals surface area contributed by atoms with Crippen LogP contribution in [0.25, 0.3) is 0 Å². The Balaban J connectivity index is 2.38. The molecule has 0 spiro atoms. The Labute approximate surface area is 412 Å². The molecule has 0 radical (unpaired) electrons. The number of thiol groups is 2. The molecule has 1 aliphatic rings.